The summed E-state index contributed by atoms with van der Waals surface area (Å²) in [5.74, 6) is 0.260. The first-order valence-corrected chi connectivity index (χ1v) is 8.29. The minimum absolute atomic E-state index is 0.223. The van der Waals surface area contributed by atoms with Crippen molar-refractivity contribution in [3.63, 3.8) is 0 Å². The van der Waals surface area contributed by atoms with Crippen molar-refractivity contribution in [2.75, 3.05) is 13.1 Å². The molecule has 1 aliphatic heterocycles. The molecule has 1 unspecified atom stereocenters. The molecule has 3 heteroatoms. The number of amides is 1. The Hall–Kier alpha value is -1.35. The molecule has 1 heterocycles. The molecule has 2 aliphatic carbocycles. The third kappa shape index (κ3) is 2.48. The van der Waals surface area contributed by atoms with E-state index in [1.54, 1.807) is 0 Å². The van der Waals surface area contributed by atoms with E-state index in [0.717, 1.165) is 38.4 Å². The second-order valence-corrected chi connectivity index (χ2v) is 7.14. The highest BCUT2D eigenvalue weighted by Gasteiger charge is 2.52. The van der Waals surface area contributed by atoms with Crippen molar-refractivity contribution < 1.29 is 4.79 Å². The summed E-state index contributed by atoms with van der Waals surface area (Å²) < 4.78 is 0. The summed E-state index contributed by atoms with van der Waals surface area (Å²) >= 11 is 0. The molecule has 3 nitrogen and oxygen atoms in total. The van der Waals surface area contributed by atoms with Crippen LogP contribution in [0.3, 0.4) is 0 Å². The maximum atomic E-state index is 12.8. The van der Waals surface area contributed by atoms with Crippen LogP contribution in [0.4, 0.5) is 0 Å². The number of hydrogen-bond acceptors (Lipinski definition) is 2. The van der Waals surface area contributed by atoms with Crippen LogP contribution in [-0.4, -0.2) is 36.0 Å². The normalized spacial score (nSPS) is 27.6. The fourth-order valence-corrected chi connectivity index (χ4v) is 3.71. The third-order valence-corrected chi connectivity index (χ3v) is 5.37. The van der Waals surface area contributed by atoms with Crippen LogP contribution < -0.4 is 5.32 Å². The van der Waals surface area contributed by atoms with Crippen molar-refractivity contribution in [2.45, 2.75) is 56.5 Å². The quantitative estimate of drug-likeness (QED) is 0.920. The van der Waals surface area contributed by atoms with Crippen LogP contribution in [0.15, 0.2) is 24.3 Å². The summed E-state index contributed by atoms with van der Waals surface area (Å²) in [6.07, 6.45) is 5.83. The largest absolute Gasteiger partial charge is 0.351 e. The first kappa shape index (κ1) is 13.3. The Morgan fingerprint density at radius 2 is 2.10 bits per heavy atom. The Bertz CT molecular complexity index is 560. The van der Waals surface area contributed by atoms with Crippen LogP contribution in [0.2, 0.25) is 0 Å². The number of nitrogens with zero attached hydrogens (tertiary/aromatic N) is 1. The van der Waals surface area contributed by atoms with E-state index in [1.807, 2.05) is 0 Å². The summed E-state index contributed by atoms with van der Waals surface area (Å²) in [6.45, 7) is 4.31. The molecule has 0 spiro atoms. The van der Waals surface area contributed by atoms with Gasteiger partial charge in [0.2, 0.25) is 5.91 Å². The van der Waals surface area contributed by atoms with Crippen LogP contribution >= 0.6 is 0 Å². The molecule has 1 N–H and O–H groups in total. The van der Waals surface area contributed by atoms with E-state index in [1.165, 1.54) is 24.0 Å². The van der Waals surface area contributed by atoms with Gasteiger partial charge in [0, 0.05) is 25.2 Å². The molecule has 3 aliphatic rings. The molecule has 2 saturated carbocycles. The summed E-state index contributed by atoms with van der Waals surface area (Å²) in [7, 11) is 0. The average Bonchev–Trinajstić information content (AvgIpc) is 3.38. The Kier molecular flexibility index (Phi) is 3.07. The zero-order valence-electron chi connectivity index (χ0n) is 12.8. The number of rotatable bonds is 4. The first-order chi connectivity index (χ1) is 10.2. The number of likely N-dealkylation sites (tertiary alicyclic amines) is 1. The van der Waals surface area contributed by atoms with Crippen molar-refractivity contribution in [3.05, 3.63) is 35.4 Å². The summed E-state index contributed by atoms with van der Waals surface area (Å²) in [5.41, 5.74) is 2.23. The van der Waals surface area contributed by atoms with E-state index in [9.17, 15) is 4.79 Å². The number of aryl methyl sites for hydroxylation is 1. The average molecular weight is 284 g/mol. The minimum atomic E-state index is -0.223. The Morgan fingerprint density at radius 1 is 1.29 bits per heavy atom. The van der Waals surface area contributed by atoms with E-state index >= 15 is 0 Å². The molecule has 1 amide bonds. The van der Waals surface area contributed by atoms with Gasteiger partial charge in [0.1, 0.15) is 0 Å². The van der Waals surface area contributed by atoms with Gasteiger partial charge in [0.25, 0.3) is 0 Å². The Morgan fingerprint density at radius 3 is 2.76 bits per heavy atom. The first-order valence-electron chi connectivity index (χ1n) is 8.29. The van der Waals surface area contributed by atoms with Gasteiger partial charge in [-0.3, -0.25) is 9.69 Å². The van der Waals surface area contributed by atoms with Crippen LogP contribution in [-0.2, 0) is 10.2 Å². The Labute approximate surface area is 126 Å². The lowest BCUT2D eigenvalue weighted by Crippen LogP contribution is -2.43. The van der Waals surface area contributed by atoms with Gasteiger partial charge >= 0.3 is 0 Å². The fourth-order valence-electron chi connectivity index (χ4n) is 3.71. The van der Waals surface area contributed by atoms with Gasteiger partial charge in [-0.25, -0.2) is 0 Å². The second kappa shape index (κ2) is 4.84. The maximum absolute atomic E-state index is 12.8. The third-order valence-electron chi connectivity index (χ3n) is 5.37. The lowest BCUT2D eigenvalue weighted by Gasteiger charge is -2.20. The Balaban J connectivity index is 1.43. The lowest BCUT2D eigenvalue weighted by atomic mass is 9.93. The van der Waals surface area contributed by atoms with Gasteiger partial charge in [-0.05, 0) is 44.6 Å². The zero-order chi connectivity index (χ0) is 14.4. The molecule has 1 aromatic carbocycles. The van der Waals surface area contributed by atoms with Crippen LogP contribution in [0, 0.1) is 6.92 Å². The van der Waals surface area contributed by atoms with Crippen LogP contribution in [0.25, 0.3) is 0 Å². The lowest BCUT2D eigenvalue weighted by molar-refractivity contribution is -0.124. The fraction of sp³-hybridized carbons (Fsp3) is 0.611. The highest BCUT2D eigenvalue weighted by atomic mass is 16.2. The molecule has 112 valence electrons. The van der Waals surface area contributed by atoms with E-state index in [2.05, 4.69) is 41.4 Å². The maximum Gasteiger partial charge on any atom is 0.230 e. The number of benzene rings is 1. The van der Waals surface area contributed by atoms with Gasteiger partial charge in [-0.1, -0.05) is 29.8 Å². The van der Waals surface area contributed by atoms with E-state index in [-0.39, 0.29) is 11.3 Å². The van der Waals surface area contributed by atoms with Gasteiger partial charge in [0.15, 0.2) is 0 Å². The topological polar surface area (TPSA) is 32.3 Å². The van der Waals surface area contributed by atoms with E-state index < -0.39 is 0 Å². The molecular weight excluding hydrogens is 260 g/mol. The molecule has 1 aromatic rings. The monoisotopic (exact) mass is 284 g/mol. The van der Waals surface area contributed by atoms with Crippen molar-refractivity contribution in [3.8, 4) is 0 Å². The van der Waals surface area contributed by atoms with Gasteiger partial charge < -0.3 is 5.32 Å². The van der Waals surface area contributed by atoms with Crippen molar-refractivity contribution >= 4 is 5.91 Å². The summed E-state index contributed by atoms with van der Waals surface area (Å²) in [5, 5.41) is 3.33. The predicted molar refractivity (Wildman–Crippen MR) is 83.2 cm³/mol. The standard InChI is InChI=1S/C18H24N2O/c1-13-3-2-4-14(11-13)18(8-9-18)17(21)19-15-7-10-20(12-15)16-5-6-16/h2-4,11,15-16H,5-10,12H2,1H3,(H,19,21). The van der Waals surface area contributed by atoms with E-state index in [4.69, 9.17) is 0 Å². The molecule has 1 saturated heterocycles. The number of nitrogens with one attached hydrogen (secondary N) is 1. The number of hydrogen-bond donors (Lipinski definition) is 1. The molecule has 0 bridgehead atoms. The van der Waals surface area contributed by atoms with Crippen molar-refractivity contribution in [1.29, 1.82) is 0 Å². The minimum Gasteiger partial charge on any atom is -0.351 e. The molecule has 0 radical (unpaired) electrons. The highest BCUT2D eigenvalue weighted by molar-refractivity contribution is 5.91. The molecule has 21 heavy (non-hydrogen) atoms. The molecule has 0 aromatic heterocycles. The summed E-state index contributed by atoms with van der Waals surface area (Å²) in [4.78, 5) is 15.3. The SMILES string of the molecule is Cc1cccc(C2(C(=O)NC3CCN(C4CC4)C3)CC2)c1. The second-order valence-electron chi connectivity index (χ2n) is 7.14. The molecule has 1 atom stereocenters. The predicted octanol–water partition coefficient (Wildman–Crippen LogP) is 2.38. The van der Waals surface area contributed by atoms with Crippen LogP contribution in [0.5, 0.6) is 0 Å². The van der Waals surface area contributed by atoms with Gasteiger partial charge in [-0.15, -0.1) is 0 Å². The smallest absolute Gasteiger partial charge is 0.230 e. The van der Waals surface area contributed by atoms with E-state index in [0.29, 0.717) is 6.04 Å². The van der Waals surface area contributed by atoms with Crippen molar-refractivity contribution in [1.82, 2.24) is 10.2 Å². The number of carbonyl (C=O) groups is 1. The highest BCUT2D eigenvalue weighted by Crippen LogP contribution is 2.48. The zero-order valence-corrected chi connectivity index (χ0v) is 12.8. The van der Waals surface area contributed by atoms with Crippen molar-refractivity contribution in [2.24, 2.45) is 0 Å². The van der Waals surface area contributed by atoms with Gasteiger partial charge in [0.05, 0.1) is 5.41 Å². The number of carbonyl (C=O) groups excluding carboxylic acids is 1. The van der Waals surface area contributed by atoms with Gasteiger partial charge in [-0.2, -0.15) is 0 Å². The summed E-state index contributed by atoms with van der Waals surface area (Å²) in [6, 6.07) is 9.64. The molecule has 4 rings (SSSR count). The van der Waals surface area contributed by atoms with Crippen LogP contribution in [0.1, 0.15) is 43.2 Å². The molecule has 3 fully saturated rings. The molecular formula is C18H24N2O.